The van der Waals surface area contributed by atoms with E-state index in [4.69, 9.17) is 4.74 Å². The average molecular weight is 556 g/mol. The second-order valence-electron chi connectivity index (χ2n) is 10.9. The third-order valence-electron chi connectivity index (χ3n) is 8.27. The summed E-state index contributed by atoms with van der Waals surface area (Å²) in [6, 6.07) is 17.6. The van der Waals surface area contributed by atoms with Crippen LogP contribution in [0, 0.1) is 5.92 Å². The number of amides is 5. The number of carbonyl (C=O) groups is 3. The number of rotatable bonds is 6. The highest BCUT2D eigenvalue weighted by molar-refractivity contribution is 6.07. The van der Waals surface area contributed by atoms with E-state index in [-0.39, 0.29) is 42.8 Å². The fraction of sp³-hybridized carbons (Fsp3) is 0.483. The van der Waals surface area contributed by atoms with E-state index in [1.165, 1.54) is 10.5 Å². The molecule has 2 atom stereocenters. The largest absolute Gasteiger partial charge is 0.497 e. The molecule has 0 radical (unpaired) electrons. The van der Waals surface area contributed by atoms with Crippen LogP contribution in [-0.2, 0) is 11.3 Å². The zero-order valence-electron chi connectivity index (χ0n) is 22.8. The summed E-state index contributed by atoms with van der Waals surface area (Å²) in [6.45, 7) is 3.97. The Kier molecular flexibility index (Phi) is 8.71. The van der Waals surface area contributed by atoms with E-state index >= 15 is 0 Å². The van der Waals surface area contributed by atoms with Gasteiger partial charge in [0.05, 0.1) is 13.7 Å². The lowest BCUT2D eigenvalue weighted by Gasteiger charge is -2.38. The van der Waals surface area contributed by atoms with Gasteiger partial charge in [0.25, 0.3) is 5.91 Å². The van der Waals surface area contributed by atoms with Crippen LogP contribution < -0.4 is 10.1 Å². The molecule has 0 unspecified atom stereocenters. The number of imide groups is 1. The predicted molar refractivity (Wildman–Crippen MR) is 151 cm³/mol. The van der Waals surface area contributed by atoms with E-state index in [0.29, 0.717) is 31.8 Å². The summed E-state index contributed by atoms with van der Waals surface area (Å²) >= 11 is 0. The Morgan fingerprint density at radius 2 is 1.69 bits per heavy atom. The molecule has 1 spiro atoms. The van der Waals surface area contributed by atoms with Gasteiger partial charge in [0, 0.05) is 52.7 Å². The molecular formula is C29H38ClN5O4. The Balaban J connectivity index is 0.00000353. The normalized spacial score (nSPS) is 22.5. The highest BCUT2D eigenvalue weighted by Gasteiger charge is 2.52. The SMILES string of the molecule is COc1ccc(CN2C(=O)NC3(CCN(C[C@H]4CN(C(=O)N(C)C)C[C@@H]4c4ccccc4)CC3)C2=O)cc1.Cl. The molecule has 10 heteroatoms. The van der Waals surface area contributed by atoms with Crippen molar-refractivity contribution in [2.75, 3.05) is 53.9 Å². The molecule has 2 aromatic rings. The van der Waals surface area contributed by atoms with Gasteiger partial charge in [0.1, 0.15) is 11.3 Å². The van der Waals surface area contributed by atoms with Crippen LogP contribution in [0.5, 0.6) is 5.75 Å². The van der Waals surface area contributed by atoms with E-state index in [2.05, 4.69) is 34.5 Å². The number of hydrogen-bond donors (Lipinski definition) is 1. The fourth-order valence-corrected chi connectivity index (χ4v) is 6.09. The smallest absolute Gasteiger partial charge is 0.325 e. The second kappa shape index (κ2) is 11.8. The molecular weight excluding hydrogens is 518 g/mol. The molecule has 0 aromatic heterocycles. The van der Waals surface area contributed by atoms with Gasteiger partial charge in [-0.1, -0.05) is 42.5 Å². The molecule has 0 saturated carbocycles. The van der Waals surface area contributed by atoms with Crippen molar-refractivity contribution in [3.63, 3.8) is 0 Å². The monoisotopic (exact) mass is 555 g/mol. The van der Waals surface area contributed by atoms with Gasteiger partial charge in [0.2, 0.25) is 0 Å². The topological polar surface area (TPSA) is 85.4 Å². The second-order valence-corrected chi connectivity index (χ2v) is 10.9. The van der Waals surface area contributed by atoms with Crippen LogP contribution in [0.4, 0.5) is 9.59 Å². The van der Waals surface area contributed by atoms with Gasteiger partial charge in [-0.25, -0.2) is 9.59 Å². The van der Waals surface area contributed by atoms with Gasteiger partial charge in [-0.3, -0.25) is 9.69 Å². The van der Waals surface area contributed by atoms with Crippen molar-refractivity contribution in [1.82, 2.24) is 24.9 Å². The van der Waals surface area contributed by atoms with Crippen LogP contribution in [0.1, 0.15) is 29.9 Å². The first kappa shape index (κ1) is 28.7. The van der Waals surface area contributed by atoms with E-state index in [9.17, 15) is 14.4 Å². The van der Waals surface area contributed by atoms with Crippen LogP contribution in [0.25, 0.3) is 0 Å². The van der Waals surface area contributed by atoms with Crippen molar-refractivity contribution in [2.24, 2.45) is 5.92 Å². The number of piperidine rings is 1. The molecule has 1 N–H and O–H groups in total. The lowest BCUT2D eigenvalue weighted by atomic mass is 9.85. The average Bonchev–Trinajstić information content (AvgIpc) is 3.45. The van der Waals surface area contributed by atoms with E-state index in [1.54, 1.807) is 26.1 Å². The van der Waals surface area contributed by atoms with E-state index < -0.39 is 5.54 Å². The van der Waals surface area contributed by atoms with Gasteiger partial charge >= 0.3 is 12.1 Å². The number of likely N-dealkylation sites (tertiary alicyclic amines) is 2. The molecule has 3 aliphatic rings. The first-order valence-electron chi connectivity index (χ1n) is 13.3. The summed E-state index contributed by atoms with van der Waals surface area (Å²) in [7, 11) is 5.20. The molecule has 0 bridgehead atoms. The third-order valence-corrected chi connectivity index (χ3v) is 8.27. The number of nitrogens with zero attached hydrogens (tertiary/aromatic N) is 4. The van der Waals surface area contributed by atoms with Crippen LogP contribution in [0.2, 0.25) is 0 Å². The summed E-state index contributed by atoms with van der Waals surface area (Å²) < 4.78 is 5.20. The first-order valence-corrected chi connectivity index (χ1v) is 13.3. The van der Waals surface area contributed by atoms with Crippen molar-refractivity contribution in [2.45, 2.75) is 30.8 Å². The number of methoxy groups -OCH3 is 1. The number of halogens is 1. The highest BCUT2D eigenvalue weighted by Crippen LogP contribution is 2.36. The fourth-order valence-electron chi connectivity index (χ4n) is 6.09. The van der Waals surface area contributed by atoms with Crippen molar-refractivity contribution in [1.29, 1.82) is 0 Å². The lowest BCUT2D eigenvalue weighted by molar-refractivity contribution is -0.133. The molecule has 3 saturated heterocycles. The number of ether oxygens (including phenoxy) is 1. The van der Waals surface area contributed by atoms with Crippen molar-refractivity contribution in [3.8, 4) is 5.75 Å². The summed E-state index contributed by atoms with van der Waals surface area (Å²) in [5.41, 5.74) is 1.31. The Bertz CT molecular complexity index is 1170. The molecule has 0 aliphatic carbocycles. The molecule has 5 amide bonds. The van der Waals surface area contributed by atoms with Crippen LogP contribution in [-0.4, -0.2) is 97.0 Å². The number of benzene rings is 2. The standard InChI is InChI=1S/C29H37N5O4.ClH/c1-31(2)28(37)33-19-23(25(20-33)22-7-5-4-6-8-22)18-32-15-13-29(14-16-32)26(35)34(27(36)30-29)17-21-9-11-24(38-3)12-10-21;/h4-12,23,25H,13-20H2,1-3H3,(H,30,36);1H/t23-,25+;/m0./s1. The van der Waals surface area contributed by atoms with Crippen molar-refractivity contribution >= 4 is 30.4 Å². The maximum Gasteiger partial charge on any atom is 0.325 e. The Labute approximate surface area is 236 Å². The van der Waals surface area contributed by atoms with Crippen molar-refractivity contribution < 1.29 is 19.1 Å². The maximum absolute atomic E-state index is 13.4. The maximum atomic E-state index is 13.4. The molecule has 210 valence electrons. The van der Waals surface area contributed by atoms with E-state index in [0.717, 1.165) is 30.9 Å². The third kappa shape index (κ3) is 5.84. The lowest BCUT2D eigenvalue weighted by Crippen LogP contribution is -2.55. The minimum absolute atomic E-state index is 0. The zero-order valence-corrected chi connectivity index (χ0v) is 23.7. The van der Waals surface area contributed by atoms with Gasteiger partial charge in [-0.05, 0) is 42.0 Å². The molecule has 3 aliphatic heterocycles. The van der Waals surface area contributed by atoms with Crippen LogP contribution >= 0.6 is 12.4 Å². The summed E-state index contributed by atoms with van der Waals surface area (Å²) in [4.78, 5) is 46.3. The van der Waals surface area contributed by atoms with Crippen LogP contribution in [0.3, 0.4) is 0 Å². The molecule has 9 nitrogen and oxygen atoms in total. The zero-order chi connectivity index (χ0) is 26.9. The molecule has 2 aromatic carbocycles. The Morgan fingerprint density at radius 3 is 2.31 bits per heavy atom. The summed E-state index contributed by atoms with van der Waals surface area (Å²) in [6.07, 6.45) is 1.17. The number of nitrogens with one attached hydrogen (secondary N) is 1. The Morgan fingerprint density at radius 1 is 1.03 bits per heavy atom. The summed E-state index contributed by atoms with van der Waals surface area (Å²) in [5, 5.41) is 3.02. The molecule has 3 fully saturated rings. The number of hydrogen-bond acceptors (Lipinski definition) is 5. The van der Waals surface area contributed by atoms with E-state index in [1.807, 2.05) is 35.2 Å². The molecule has 3 heterocycles. The number of carbonyl (C=O) groups excluding carboxylic acids is 3. The van der Waals surface area contributed by atoms with Crippen LogP contribution in [0.15, 0.2) is 54.6 Å². The van der Waals surface area contributed by atoms with Crippen molar-refractivity contribution in [3.05, 3.63) is 65.7 Å². The predicted octanol–water partition coefficient (Wildman–Crippen LogP) is 3.40. The summed E-state index contributed by atoms with van der Waals surface area (Å²) in [5.74, 6) is 1.17. The molecule has 39 heavy (non-hydrogen) atoms. The quantitative estimate of drug-likeness (QED) is 0.552. The highest BCUT2D eigenvalue weighted by atomic mass is 35.5. The first-order chi connectivity index (χ1) is 18.3. The van der Waals surface area contributed by atoms with Gasteiger partial charge in [-0.15, -0.1) is 12.4 Å². The van der Waals surface area contributed by atoms with Gasteiger partial charge < -0.3 is 24.8 Å². The Hall–Kier alpha value is -3.30. The van der Waals surface area contributed by atoms with Gasteiger partial charge in [-0.2, -0.15) is 0 Å². The number of urea groups is 2. The minimum Gasteiger partial charge on any atom is -0.497 e. The molecule has 5 rings (SSSR count). The minimum atomic E-state index is -0.832. The van der Waals surface area contributed by atoms with Gasteiger partial charge in [0.15, 0.2) is 0 Å².